The number of rotatable bonds is 1. The Balaban J connectivity index is 0.00000103. The van der Waals surface area contributed by atoms with Crippen LogP contribution >= 0.6 is 0 Å². The van der Waals surface area contributed by atoms with Crippen molar-refractivity contribution in [2.75, 3.05) is 19.0 Å². The van der Waals surface area contributed by atoms with Crippen LogP contribution in [0.25, 0.3) is 11.4 Å². The van der Waals surface area contributed by atoms with E-state index in [1.807, 2.05) is 71.9 Å². The summed E-state index contributed by atoms with van der Waals surface area (Å²) in [6, 6.07) is 16.4. The molecular weight excluding hydrogens is 336 g/mol. The maximum Gasteiger partial charge on any atom is 0.106 e. The first kappa shape index (κ1) is 24.2. The minimum atomic E-state index is 0.703. The molecule has 0 fully saturated rings. The van der Waals surface area contributed by atoms with Gasteiger partial charge in [-0.05, 0) is 11.6 Å². The normalized spacial score (nSPS) is 14.3. The van der Waals surface area contributed by atoms with Gasteiger partial charge in [0.2, 0.25) is 0 Å². The van der Waals surface area contributed by atoms with E-state index in [1.165, 1.54) is 5.56 Å². The predicted molar refractivity (Wildman–Crippen MR) is 118 cm³/mol. The molecule has 0 unspecified atom stereocenters. The third-order valence-corrected chi connectivity index (χ3v) is 3.89. The van der Waals surface area contributed by atoms with E-state index in [1.54, 1.807) is 5.01 Å². The molecule has 0 spiro atoms. The summed E-state index contributed by atoms with van der Waals surface area (Å²) >= 11 is 0. The molecule has 2 aromatic carbocycles. The fraction of sp³-hybridized carbons (Fsp3) is 0.318. The van der Waals surface area contributed by atoms with Crippen LogP contribution in [0.15, 0.2) is 48.5 Å². The Kier molecular flexibility index (Phi) is 11.2. The van der Waals surface area contributed by atoms with Gasteiger partial charge in [-0.1, -0.05) is 70.2 Å². The Morgan fingerprint density at radius 3 is 1.96 bits per heavy atom. The minimum Gasteiger partial charge on any atom is -0.396 e. The molecule has 0 amide bonds. The van der Waals surface area contributed by atoms with E-state index in [0.717, 1.165) is 29.1 Å². The van der Waals surface area contributed by atoms with Gasteiger partial charge in [-0.2, -0.15) is 0 Å². The maximum atomic E-state index is 8.00. The van der Waals surface area contributed by atoms with Crippen molar-refractivity contribution in [2.24, 2.45) is 11.6 Å². The van der Waals surface area contributed by atoms with E-state index in [4.69, 9.17) is 16.4 Å². The van der Waals surface area contributed by atoms with Crippen LogP contribution in [0.3, 0.4) is 0 Å². The minimum absolute atomic E-state index is 0.703. The van der Waals surface area contributed by atoms with Crippen molar-refractivity contribution in [3.63, 3.8) is 0 Å². The molecule has 3 rings (SSSR count). The van der Waals surface area contributed by atoms with Gasteiger partial charge >= 0.3 is 0 Å². The molecule has 27 heavy (non-hydrogen) atoms. The average Bonchev–Trinajstić information content (AvgIpc) is 2.72. The number of nitrogens with zero attached hydrogens (tertiary/aromatic N) is 2. The van der Waals surface area contributed by atoms with Crippen LogP contribution in [-0.4, -0.2) is 25.9 Å². The zero-order chi connectivity index (χ0) is 21.0. The third kappa shape index (κ3) is 5.59. The summed E-state index contributed by atoms with van der Waals surface area (Å²) < 4.78 is 0. The summed E-state index contributed by atoms with van der Waals surface area (Å²) in [5, 5.41) is 1.61. The van der Waals surface area contributed by atoms with Crippen LogP contribution in [0, 0.1) is 0 Å². The van der Waals surface area contributed by atoms with E-state index in [-0.39, 0.29) is 0 Å². The number of para-hydroxylation sites is 1. The molecule has 4 N–H and O–H groups in total. The van der Waals surface area contributed by atoms with Crippen molar-refractivity contribution in [1.29, 1.82) is 0 Å². The molecule has 0 bridgehead atoms. The number of carbonyl (C=O) groups excluding carboxylic acids is 1. The molecule has 1 aliphatic heterocycles. The van der Waals surface area contributed by atoms with Gasteiger partial charge in [-0.15, -0.1) is 0 Å². The summed E-state index contributed by atoms with van der Waals surface area (Å²) in [5.74, 6) is 6.07. The lowest BCUT2D eigenvalue weighted by atomic mass is 9.96. The number of hydrogen-bond acceptors (Lipinski definition) is 5. The molecule has 5 heteroatoms. The highest BCUT2D eigenvalue weighted by molar-refractivity contribution is 5.93. The van der Waals surface area contributed by atoms with Crippen molar-refractivity contribution in [3.05, 3.63) is 65.2 Å². The Hall–Kier alpha value is -2.79. The van der Waals surface area contributed by atoms with Crippen LogP contribution < -0.4 is 16.5 Å². The molecule has 0 atom stereocenters. The van der Waals surface area contributed by atoms with Gasteiger partial charge in [0, 0.05) is 37.5 Å². The zero-order valence-electron chi connectivity index (χ0n) is 17.5. The molecule has 0 radical (unpaired) electrons. The second kappa shape index (κ2) is 12.5. The molecule has 1 heterocycles. The topological polar surface area (TPSA) is 75.6 Å². The van der Waals surface area contributed by atoms with Crippen molar-refractivity contribution in [2.45, 2.75) is 34.2 Å². The lowest BCUT2D eigenvalue weighted by molar-refractivity contribution is -0.0979. The maximum absolute atomic E-state index is 8.00. The first-order chi connectivity index (χ1) is 13.1. The largest absolute Gasteiger partial charge is 0.396 e. The van der Waals surface area contributed by atoms with Crippen LogP contribution in [0.1, 0.15) is 44.4 Å². The monoisotopic (exact) mass is 370 g/mol. The Morgan fingerprint density at radius 2 is 1.41 bits per heavy atom. The highest BCUT2D eigenvalue weighted by Crippen LogP contribution is 2.34. The van der Waals surface area contributed by atoms with E-state index in [2.05, 4.69) is 30.1 Å². The van der Waals surface area contributed by atoms with Crippen molar-refractivity contribution >= 4 is 23.9 Å². The first-order valence-electron chi connectivity index (χ1n) is 9.25. The van der Waals surface area contributed by atoms with Crippen LogP contribution in [0.5, 0.6) is 0 Å². The fourth-order valence-corrected chi connectivity index (χ4v) is 2.92. The number of anilines is 1. The second-order valence-electron chi connectivity index (χ2n) is 5.40. The highest BCUT2D eigenvalue weighted by Gasteiger charge is 2.21. The van der Waals surface area contributed by atoms with Gasteiger partial charge in [0.1, 0.15) is 6.79 Å². The van der Waals surface area contributed by atoms with Crippen LogP contribution in [0.2, 0.25) is 0 Å². The SMILES string of the molecule is C=O.CC.CC.CN(N)/C1=C(\N)c2ccccc2N(C)Cc2ccccc21. The van der Waals surface area contributed by atoms with Crippen LogP contribution in [0.4, 0.5) is 5.69 Å². The van der Waals surface area contributed by atoms with Gasteiger partial charge in [0.15, 0.2) is 0 Å². The molecule has 0 aliphatic carbocycles. The molecule has 1 aliphatic rings. The number of hydrogen-bond donors (Lipinski definition) is 2. The van der Waals surface area contributed by atoms with E-state index in [0.29, 0.717) is 5.70 Å². The first-order valence-corrected chi connectivity index (χ1v) is 9.25. The summed E-state index contributed by atoms with van der Waals surface area (Å²) in [4.78, 5) is 10.2. The summed E-state index contributed by atoms with van der Waals surface area (Å²) in [6.45, 7) is 10.8. The van der Waals surface area contributed by atoms with Gasteiger partial charge < -0.3 is 20.4 Å². The third-order valence-electron chi connectivity index (χ3n) is 3.89. The molecule has 148 valence electrons. The Bertz CT molecular complexity index is 726. The summed E-state index contributed by atoms with van der Waals surface area (Å²) in [6.07, 6.45) is 0. The number of benzene rings is 2. The molecule has 0 aromatic heterocycles. The van der Waals surface area contributed by atoms with E-state index in [9.17, 15) is 0 Å². The Labute approximate surface area is 164 Å². The van der Waals surface area contributed by atoms with Crippen molar-refractivity contribution < 1.29 is 4.79 Å². The van der Waals surface area contributed by atoms with E-state index < -0.39 is 0 Å². The average molecular weight is 371 g/mol. The van der Waals surface area contributed by atoms with Crippen LogP contribution in [-0.2, 0) is 11.3 Å². The molecule has 5 nitrogen and oxygen atoms in total. The van der Waals surface area contributed by atoms with Crippen molar-refractivity contribution in [1.82, 2.24) is 5.01 Å². The molecule has 2 aromatic rings. The Morgan fingerprint density at radius 1 is 0.926 bits per heavy atom. The standard InChI is InChI=1S/C17H20N4.2C2H6.CH2O/c1-20-11-12-7-3-4-8-13(12)17(21(2)19)16(18)14-9-5-6-10-15(14)20;3*1-2/h3-10H,11,18-19H2,1-2H3;2*1-2H3;1H2/b17-16-;;;. The van der Waals surface area contributed by atoms with E-state index >= 15 is 0 Å². The van der Waals surface area contributed by atoms with Crippen molar-refractivity contribution in [3.8, 4) is 0 Å². The molecule has 0 saturated carbocycles. The smallest absolute Gasteiger partial charge is 0.106 e. The lowest BCUT2D eigenvalue weighted by Crippen LogP contribution is -2.30. The summed E-state index contributed by atoms with van der Waals surface area (Å²) in [7, 11) is 3.91. The fourth-order valence-electron chi connectivity index (χ4n) is 2.92. The van der Waals surface area contributed by atoms with Gasteiger partial charge in [-0.25, -0.2) is 5.84 Å². The summed E-state index contributed by atoms with van der Waals surface area (Å²) in [5.41, 5.74) is 12.5. The second-order valence-corrected chi connectivity index (χ2v) is 5.40. The highest BCUT2D eigenvalue weighted by atomic mass is 16.1. The molecule has 0 saturated heterocycles. The quantitative estimate of drug-likeness (QED) is 0.584. The zero-order valence-corrected chi connectivity index (χ0v) is 17.5. The number of fused-ring (bicyclic) bond motifs is 2. The number of carbonyl (C=O) groups is 1. The van der Waals surface area contributed by atoms with Gasteiger partial charge in [0.05, 0.1) is 11.4 Å². The number of nitrogens with two attached hydrogens (primary N) is 2. The van der Waals surface area contributed by atoms with Gasteiger partial charge in [-0.3, -0.25) is 0 Å². The van der Waals surface area contributed by atoms with Gasteiger partial charge in [0.25, 0.3) is 0 Å². The lowest BCUT2D eigenvalue weighted by Gasteiger charge is -2.30. The predicted octanol–water partition coefficient (Wildman–Crippen LogP) is 4.09. The molecular formula is C22H34N4O. The number of hydrazine groups is 1.